The lowest BCUT2D eigenvalue weighted by Crippen LogP contribution is -2.43. The number of carbonyl (C=O) groups excluding carboxylic acids is 1. The molecule has 1 fully saturated rings. The average molecular weight is 339 g/mol. The third-order valence-electron chi connectivity index (χ3n) is 4.54. The summed E-state index contributed by atoms with van der Waals surface area (Å²) < 4.78 is 7.50. The average Bonchev–Trinajstić information content (AvgIpc) is 3.19. The Balaban J connectivity index is 1.45. The number of carbonyl (C=O) groups is 1. The number of amides is 2. The minimum absolute atomic E-state index is 0.0934. The Hall–Kier alpha value is -2.83. The van der Waals surface area contributed by atoms with Gasteiger partial charge in [-0.25, -0.2) is 9.78 Å². The van der Waals surface area contributed by atoms with E-state index in [-0.39, 0.29) is 12.1 Å². The Kier molecular flexibility index (Phi) is 3.91. The molecular weight excluding hydrogens is 318 g/mol. The fraction of sp³-hybridized carbons (Fsp3) is 0.389. The van der Waals surface area contributed by atoms with E-state index in [1.807, 2.05) is 54.0 Å². The van der Waals surface area contributed by atoms with Gasteiger partial charge in [0, 0.05) is 38.0 Å². The number of benzene rings is 1. The van der Waals surface area contributed by atoms with Crippen molar-refractivity contribution in [3.05, 3.63) is 42.0 Å². The molecule has 3 heterocycles. The minimum Gasteiger partial charge on any atom is -0.441 e. The number of anilines is 1. The Morgan fingerprint density at radius 3 is 3.04 bits per heavy atom. The normalized spacial score (nSPS) is 17.8. The molecule has 1 atom stereocenters. The first-order valence-corrected chi connectivity index (χ1v) is 8.52. The van der Waals surface area contributed by atoms with Crippen molar-refractivity contribution in [2.75, 3.05) is 18.4 Å². The molecule has 0 bridgehead atoms. The highest BCUT2D eigenvalue weighted by molar-refractivity contribution is 5.91. The molecule has 25 heavy (non-hydrogen) atoms. The van der Waals surface area contributed by atoms with E-state index in [1.165, 1.54) is 0 Å². The molecule has 1 saturated heterocycles. The molecule has 0 radical (unpaired) electrons. The molecule has 1 aliphatic heterocycles. The van der Waals surface area contributed by atoms with Crippen molar-refractivity contribution >= 4 is 22.8 Å². The fourth-order valence-electron chi connectivity index (χ4n) is 3.31. The van der Waals surface area contributed by atoms with Crippen LogP contribution < -0.4 is 5.32 Å². The summed E-state index contributed by atoms with van der Waals surface area (Å²) in [5, 5.41) is 7.35. The number of oxazole rings is 1. The zero-order chi connectivity index (χ0) is 17.4. The summed E-state index contributed by atoms with van der Waals surface area (Å²) in [7, 11) is 0. The lowest BCUT2D eigenvalue weighted by molar-refractivity contribution is 0.175. The van der Waals surface area contributed by atoms with E-state index in [0.717, 1.165) is 30.5 Å². The van der Waals surface area contributed by atoms with Crippen molar-refractivity contribution in [3.63, 3.8) is 0 Å². The predicted octanol–water partition coefficient (Wildman–Crippen LogP) is 3.51. The summed E-state index contributed by atoms with van der Waals surface area (Å²) in [6.07, 6.45) is 5.89. The minimum atomic E-state index is -0.0934. The number of nitrogens with zero attached hydrogens (tertiary/aromatic N) is 4. The number of piperidine rings is 1. The number of nitrogens with one attached hydrogen (secondary N) is 1. The molecule has 1 N–H and O–H groups in total. The molecule has 7 nitrogen and oxygen atoms in total. The van der Waals surface area contributed by atoms with E-state index in [2.05, 4.69) is 15.4 Å². The van der Waals surface area contributed by atoms with Crippen LogP contribution in [0.2, 0.25) is 0 Å². The monoisotopic (exact) mass is 339 g/mol. The molecule has 130 valence electrons. The highest BCUT2D eigenvalue weighted by Crippen LogP contribution is 2.23. The van der Waals surface area contributed by atoms with Crippen molar-refractivity contribution in [1.82, 2.24) is 19.7 Å². The third-order valence-corrected chi connectivity index (χ3v) is 4.54. The maximum Gasteiger partial charge on any atom is 0.321 e. The molecule has 4 rings (SSSR count). The smallest absolute Gasteiger partial charge is 0.321 e. The molecule has 0 spiro atoms. The van der Waals surface area contributed by atoms with Crippen LogP contribution in [0, 0.1) is 13.8 Å². The second-order valence-electron chi connectivity index (χ2n) is 6.59. The van der Waals surface area contributed by atoms with Crippen LogP contribution in [-0.4, -0.2) is 38.8 Å². The van der Waals surface area contributed by atoms with Gasteiger partial charge >= 0.3 is 6.03 Å². The van der Waals surface area contributed by atoms with Gasteiger partial charge in [-0.1, -0.05) is 0 Å². The number of aromatic nitrogens is 3. The van der Waals surface area contributed by atoms with E-state index in [9.17, 15) is 4.79 Å². The Bertz CT molecular complexity index is 913. The molecule has 0 unspecified atom stereocenters. The van der Waals surface area contributed by atoms with Gasteiger partial charge in [-0.3, -0.25) is 4.68 Å². The second kappa shape index (κ2) is 6.23. The van der Waals surface area contributed by atoms with Gasteiger partial charge in [0.2, 0.25) is 0 Å². The Morgan fingerprint density at radius 1 is 1.36 bits per heavy atom. The van der Waals surface area contributed by atoms with Gasteiger partial charge in [0.1, 0.15) is 5.52 Å². The standard InChI is InChI=1S/C18H21N5O2/c1-12-9-19-23(10-12)15-4-3-7-22(11-15)18(24)21-14-5-6-16-17(8-14)25-13(2)20-16/h5-6,8-10,15H,3-4,7,11H2,1-2H3,(H,21,24)/t15-/m0/s1. The number of aryl methyl sites for hydroxylation is 2. The summed E-state index contributed by atoms with van der Waals surface area (Å²) in [6, 6.07) is 5.65. The SMILES string of the molecule is Cc1cnn([C@H]2CCCN(C(=O)Nc3ccc4nc(C)oc4c3)C2)c1. The molecule has 7 heteroatoms. The fourth-order valence-corrected chi connectivity index (χ4v) is 3.31. The van der Waals surface area contributed by atoms with Gasteiger partial charge < -0.3 is 14.6 Å². The van der Waals surface area contributed by atoms with Gasteiger partial charge in [-0.15, -0.1) is 0 Å². The number of fused-ring (bicyclic) bond motifs is 1. The van der Waals surface area contributed by atoms with E-state index >= 15 is 0 Å². The summed E-state index contributed by atoms with van der Waals surface area (Å²) in [5.41, 5.74) is 3.32. The van der Waals surface area contributed by atoms with Gasteiger partial charge in [-0.2, -0.15) is 5.10 Å². The summed E-state index contributed by atoms with van der Waals surface area (Å²) in [5.74, 6) is 0.617. The van der Waals surface area contributed by atoms with Gasteiger partial charge in [0.15, 0.2) is 11.5 Å². The van der Waals surface area contributed by atoms with Gasteiger partial charge in [0.25, 0.3) is 0 Å². The molecule has 1 aliphatic rings. The van der Waals surface area contributed by atoms with Crippen molar-refractivity contribution in [2.45, 2.75) is 32.7 Å². The molecule has 3 aromatic rings. The first kappa shape index (κ1) is 15.7. The summed E-state index contributed by atoms with van der Waals surface area (Å²) in [6.45, 7) is 5.25. The summed E-state index contributed by atoms with van der Waals surface area (Å²) >= 11 is 0. The van der Waals surface area contributed by atoms with E-state index < -0.39 is 0 Å². The van der Waals surface area contributed by atoms with Crippen LogP contribution >= 0.6 is 0 Å². The first-order chi connectivity index (χ1) is 12.1. The van der Waals surface area contributed by atoms with Crippen LogP contribution in [0.4, 0.5) is 10.5 Å². The van der Waals surface area contributed by atoms with Crippen LogP contribution in [0.25, 0.3) is 11.1 Å². The quantitative estimate of drug-likeness (QED) is 0.775. The van der Waals surface area contributed by atoms with Crippen molar-refractivity contribution in [3.8, 4) is 0 Å². The van der Waals surface area contributed by atoms with Crippen molar-refractivity contribution in [2.24, 2.45) is 0 Å². The molecule has 1 aromatic carbocycles. The third kappa shape index (κ3) is 3.22. The van der Waals surface area contributed by atoms with Crippen LogP contribution in [0.1, 0.15) is 30.3 Å². The first-order valence-electron chi connectivity index (χ1n) is 8.52. The Labute approximate surface area is 145 Å². The molecule has 0 saturated carbocycles. The number of urea groups is 1. The van der Waals surface area contributed by atoms with E-state index in [1.54, 1.807) is 0 Å². The van der Waals surface area contributed by atoms with Crippen molar-refractivity contribution < 1.29 is 9.21 Å². The van der Waals surface area contributed by atoms with Gasteiger partial charge in [-0.05, 0) is 37.5 Å². The van der Waals surface area contributed by atoms with Crippen molar-refractivity contribution in [1.29, 1.82) is 0 Å². The number of hydrogen-bond donors (Lipinski definition) is 1. The zero-order valence-electron chi connectivity index (χ0n) is 14.4. The number of rotatable bonds is 2. The van der Waals surface area contributed by atoms with Crippen LogP contribution in [-0.2, 0) is 0 Å². The van der Waals surface area contributed by atoms with Gasteiger partial charge in [0.05, 0.1) is 12.2 Å². The highest BCUT2D eigenvalue weighted by atomic mass is 16.3. The molecule has 0 aliphatic carbocycles. The van der Waals surface area contributed by atoms with Crippen LogP contribution in [0.15, 0.2) is 35.0 Å². The Morgan fingerprint density at radius 2 is 2.24 bits per heavy atom. The predicted molar refractivity (Wildman–Crippen MR) is 94.6 cm³/mol. The summed E-state index contributed by atoms with van der Waals surface area (Å²) in [4.78, 5) is 18.7. The largest absolute Gasteiger partial charge is 0.441 e. The highest BCUT2D eigenvalue weighted by Gasteiger charge is 2.25. The van der Waals surface area contributed by atoms with E-state index in [4.69, 9.17) is 4.42 Å². The maximum absolute atomic E-state index is 12.6. The number of likely N-dealkylation sites (tertiary alicyclic amines) is 1. The van der Waals surface area contributed by atoms with Crippen LogP contribution in [0.5, 0.6) is 0 Å². The molecule has 2 aromatic heterocycles. The molecular formula is C18H21N5O2. The topological polar surface area (TPSA) is 76.2 Å². The number of hydrogen-bond acceptors (Lipinski definition) is 4. The zero-order valence-corrected chi connectivity index (χ0v) is 14.4. The lowest BCUT2D eigenvalue weighted by Gasteiger charge is -2.32. The second-order valence-corrected chi connectivity index (χ2v) is 6.59. The maximum atomic E-state index is 12.6. The van der Waals surface area contributed by atoms with Crippen LogP contribution in [0.3, 0.4) is 0 Å². The molecule has 2 amide bonds. The lowest BCUT2D eigenvalue weighted by atomic mass is 10.1. The van der Waals surface area contributed by atoms with E-state index in [0.29, 0.717) is 23.7 Å².